The molecular formula is C26H25NO6. The second-order valence-corrected chi connectivity index (χ2v) is 8.13. The van der Waals surface area contributed by atoms with Gasteiger partial charge in [-0.2, -0.15) is 0 Å². The Hall–Kier alpha value is -3.87. The summed E-state index contributed by atoms with van der Waals surface area (Å²) in [5.41, 5.74) is 3.09. The molecule has 0 spiro atoms. The average molecular weight is 447 g/mol. The number of rotatable bonds is 8. The van der Waals surface area contributed by atoms with E-state index >= 15 is 0 Å². The van der Waals surface area contributed by atoms with Crippen LogP contribution in [0.5, 0.6) is 0 Å². The number of nitrogens with one attached hydrogen (secondary N) is 1. The fraction of sp³-hybridized carbons (Fsp3) is 0.269. The molecule has 7 nitrogen and oxygen atoms in total. The molecule has 1 atom stereocenters. The molecule has 2 N–H and O–H groups in total. The molecule has 4 rings (SSSR count). The van der Waals surface area contributed by atoms with E-state index in [1.165, 1.54) is 0 Å². The van der Waals surface area contributed by atoms with Crippen molar-refractivity contribution in [2.24, 2.45) is 0 Å². The number of aryl methyl sites for hydroxylation is 1. The topological polar surface area (TPSA) is 110 Å². The van der Waals surface area contributed by atoms with E-state index < -0.39 is 23.5 Å². The highest BCUT2D eigenvalue weighted by molar-refractivity contribution is 6.02. The molecule has 2 heterocycles. The summed E-state index contributed by atoms with van der Waals surface area (Å²) in [5, 5.41) is 13.5. The molecule has 170 valence electrons. The first-order valence-corrected chi connectivity index (χ1v) is 10.9. The lowest BCUT2D eigenvalue weighted by molar-refractivity contribution is -0.142. The van der Waals surface area contributed by atoms with Crippen molar-refractivity contribution in [2.45, 2.75) is 45.6 Å². The van der Waals surface area contributed by atoms with Gasteiger partial charge in [-0.05, 0) is 30.5 Å². The van der Waals surface area contributed by atoms with Gasteiger partial charge in [0.15, 0.2) is 0 Å². The maximum absolute atomic E-state index is 12.7. The first kappa shape index (κ1) is 22.3. The molecule has 0 aliphatic rings. The summed E-state index contributed by atoms with van der Waals surface area (Å²) in [5.74, 6) is -1.61. The maximum atomic E-state index is 12.7. The van der Waals surface area contributed by atoms with Crippen LogP contribution in [0.4, 0.5) is 0 Å². The quantitative estimate of drug-likeness (QED) is 0.375. The number of hydrogen-bond donors (Lipinski definition) is 2. The number of hydrogen-bond acceptors (Lipinski definition) is 5. The average Bonchev–Trinajstić information content (AvgIpc) is 3.21. The van der Waals surface area contributed by atoms with Gasteiger partial charge in [0.2, 0.25) is 5.91 Å². The molecule has 7 heteroatoms. The van der Waals surface area contributed by atoms with Crippen molar-refractivity contribution in [1.82, 2.24) is 5.32 Å². The number of carbonyl (C=O) groups is 2. The standard InChI is InChI=1S/C26H25NO6/c1-3-4-10-21(25(29)30)27-24(28)12-18-15(2)17-11-19-20(16-8-6-5-7-9-16)14-32-22(19)13-23(17)33-26(18)31/h5-9,11,13-14,21H,3-4,10,12H2,1-2H3,(H,27,28)(H,29,30)/t21-/m1/s1. The van der Waals surface area contributed by atoms with Crippen LogP contribution in [0.3, 0.4) is 0 Å². The van der Waals surface area contributed by atoms with E-state index in [9.17, 15) is 19.5 Å². The van der Waals surface area contributed by atoms with Crippen molar-refractivity contribution in [1.29, 1.82) is 0 Å². The van der Waals surface area contributed by atoms with Crippen molar-refractivity contribution in [2.75, 3.05) is 0 Å². The van der Waals surface area contributed by atoms with Gasteiger partial charge in [0.05, 0.1) is 18.2 Å². The third-order valence-electron chi connectivity index (χ3n) is 5.88. The highest BCUT2D eigenvalue weighted by Crippen LogP contribution is 2.34. The minimum atomic E-state index is -1.09. The summed E-state index contributed by atoms with van der Waals surface area (Å²) in [6.07, 6.45) is 3.25. The molecule has 0 unspecified atom stereocenters. The highest BCUT2D eigenvalue weighted by Gasteiger charge is 2.22. The Morgan fingerprint density at radius 1 is 1.09 bits per heavy atom. The van der Waals surface area contributed by atoms with E-state index in [-0.39, 0.29) is 12.0 Å². The van der Waals surface area contributed by atoms with E-state index in [1.807, 2.05) is 43.3 Å². The Morgan fingerprint density at radius 3 is 2.55 bits per heavy atom. The zero-order chi connectivity index (χ0) is 23.5. The van der Waals surface area contributed by atoms with Gasteiger partial charge in [-0.15, -0.1) is 0 Å². The molecule has 0 aliphatic carbocycles. The zero-order valence-corrected chi connectivity index (χ0v) is 18.5. The summed E-state index contributed by atoms with van der Waals surface area (Å²) in [6.45, 7) is 3.71. The first-order chi connectivity index (χ1) is 15.9. The number of aliphatic carboxylic acids is 1. The van der Waals surface area contributed by atoms with Gasteiger partial charge >= 0.3 is 11.6 Å². The minimum absolute atomic E-state index is 0.212. The van der Waals surface area contributed by atoms with Crippen molar-refractivity contribution in [3.05, 3.63) is 70.3 Å². The number of amides is 1. The molecule has 1 amide bonds. The molecule has 0 saturated carbocycles. The number of unbranched alkanes of at least 4 members (excludes halogenated alkanes) is 1. The Labute approximate surface area is 190 Å². The smallest absolute Gasteiger partial charge is 0.340 e. The fourth-order valence-corrected chi connectivity index (χ4v) is 4.03. The van der Waals surface area contributed by atoms with Crippen LogP contribution in [-0.4, -0.2) is 23.0 Å². The molecule has 0 fully saturated rings. The SMILES string of the molecule is CCCC[C@@H](NC(=O)Cc1c(C)c2cc3c(-c4ccccc4)coc3cc2oc1=O)C(=O)O. The van der Waals surface area contributed by atoms with E-state index in [2.05, 4.69) is 5.32 Å². The normalized spacial score (nSPS) is 12.2. The third kappa shape index (κ3) is 4.53. The molecule has 0 aliphatic heterocycles. The number of fused-ring (bicyclic) bond motifs is 2. The lowest BCUT2D eigenvalue weighted by Crippen LogP contribution is -2.42. The van der Waals surface area contributed by atoms with Crippen molar-refractivity contribution in [3.63, 3.8) is 0 Å². The monoisotopic (exact) mass is 447 g/mol. The molecule has 4 aromatic rings. The lowest BCUT2D eigenvalue weighted by Gasteiger charge is -2.14. The second-order valence-electron chi connectivity index (χ2n) is 8.13. The Bertz CT molecular complexity index is 1380. The van der Waals surface area contributed by atoms with E-state index in [0.717, 1.165) is 22.9 Å². The molecule has 33 heavy (non-hydrogen) atoms. The number of benzene rings is 2. The maximum Gasteiger partial charge on any atom is 0.340 e. The Kier molecular flexibility index (Phi) is 6.31. The van der Waals surface area contributed by atoms with E-state index in [4.69, 9.17) is 8.83 Å². The van der Waals surface area contributed by atoms with E-state index in [1.54, 1.807) is 19.3 Å². The largest absolute Gasteiger partial charge is 0.480 e. The van der Waals surface area contributed by atoms with Gasteiger partial charge < -0.3 is 19.3 Å². The Balaban J connectivity index is 1.70. The summed E-state index contributed by atoms with van der Waals surface area (Å²) in [6, 6.07) is 12.4. The predicted octanol–water partition coefficient (Wildman–Crippen LogP) is 4.82. The van der Waals surface area contributed by atoms with Crippen molar-refractivity contribution >= 4 is 33.8 Å². The molecule has 0 bridgehead atoms. The second kappa shape index (κ2) is 9.32. The van der Waals surface area contributed by atoms with Crippen LogP contribution in [0, 0.1) is 6.92 Å². The van der Waals surface area contributed by atoms with Crippen molar-refractivity contribution < 1.29 is 23.5 Å². The van der Waals surface area contributed by atoms with Crippen LogP contribution in [0.25, 0.3) is 33.1 Å². The minimum Gasteiger partial charge on any atom is -0.480 e. The van der Waals surface area contributed by atoms with Crippen LogP contribution in [0.2, 0.25) is 0 Å². The molecular weight excluding hydrogens is 422 g/mol. The molecule has 2 aromatic heterocycles. The summed E-state index contributed by atoms with van der Waals surface area (Å²) in [4.78, 5) is 36.7. The third-order valence-corrected chi connectivity index (χ3v) is 5.88. The van der Waals surface area contributed by atoms with E-state index in [0.29, 0.717) is 35.0 Å². The van der Waals surface area contributed by atoms with Gasteiger partial charge in [0.25, 0.3) is 0 Å². The van der Waals surface area contributed by atoms with Crippen LogP contribution in [-0.2, 0) is 16.0 Å². The van der Waals surface area contributed by atoms with Gasteiger partial charge in [-0.3, -0.25) is 4.79 Å². The van der Waals surface area contributed by atoms with Crippen LogP contribution < -0.4 is 10.9 Å². The Morgan fingerprint density at radius 2 is 1.85 bits per heavy atom. The lowest BCUT2D eigenvalue weighted by atomic mass is 9.99. The number of furan rings is 1. The molecule has 0 radical (unpaired) electrons. The summed E-state index contributed by atoms with van der Waals surface area (Å²) >= 11 is 0. The highest BCUT2D eigenvalue weighted by atomic mass is 16.4. The number of carboxylic acids is 1. The van der Waals surface area contributed by atoms with Crippen molar-refractivity contribution in [3.8, 4) is 11.1 Å². The van der Waals surface area contributed by atoms with Gasteiger partial charge in [-0.1, -0.05) is 50.1 Å². The van der Waals surface area contributed by atoms with Crippen LogP contribution in [0.15, 0.2) is 62.4 Å². The van der Waals surface area contributed by atoms with Gasteiger partial charge in [0.1, 0.15) is 17.2 Å². The summed E-state index contributed by atoms with van der Waals surface area (Å²) in [7, 11) is 0. The molecule has 0 saturated heterocycles. The number of carboxylic acid groups (broad SMARTS) is 1. The molecule has 2 aromatic carbocycles. The van der Waals surface area contributed by atoms with Gasteiger partial charge in [0, 0.05) is 22.4 Å². The van der Waals surface area contributed by atoms with Crippen LogP contribution in [0.1, 0.15) is 37.3 Å². The summed E-state index contributed by atoms with van der Waals surface area (Å²) < 4.78 is 11.2. The number of carbonyl (C=O) groups excluding carboxylic acids is 1. The zero-order valence-electron chi connectivity index (χ0n) is 18.5. The first-order valence-electron chi connectivity index (χ1n) is 10.9. The van der Waals surface area contributed by atoms with Crippen LogP contribution >= 0.6 is 0 Å². The van der Waals surface area contributed by atoms with Gasteiger partial charge in [-0.25, -0.2) is 9.59 Å². The fourth-order valence-electron chi connectivity index (χ4n) is 4.03. The predicted molar refractivity (Wildman–Crippen MR) is 125 cm³/mol.